The van der Waals surface area contributed by atoms with E-state index in [4.69, 9.17) is 4.74 Å². The van der Waals surface area contributed by atoms with Gasteiger partial charge in [-0.2, -0.15) is 0 Å². The van der Waals surface area contributed by atoms with Crippen LogP contribution in [0.4, 0.5) is 0 Å². The summed E-state index contributed by atoms with van der Waals surface area (Å²) in [5.74, 6) is 1.40. The molecule has 0 saturated heterocycles. The predicted molar refractivity (Wildman–Crippen MR) is 121 cm³/mol. The average Bonchev–Trinajstić information content (AvgIpc) is 3.59. The first-order valence-corrected chi connectivity index (χ1v) is 11.2. The maximum Gasteiger partial charge on any atom is 0.259 e. The molecule has 31 heavy (non-hydrogen) atoms. The van der Waals surface area contributed by atoms with E-state index in [1.165, 1.54) is 19.3 Å². The number of rotatable bonds is 7. The Morgan fingerprint density at radius 3 is 2.48 bits per heavy atom. The summed E-state index contributed by atoms with van der Waals surface area (Å²) in [6, 6.07) is 15.7. The van der Waals surface area contributed by atoms with Crippen molar-refractivity contribution < 1.29 is 9.53 Å². The van der Waals surface area contributed by atoms with Crippen molar-refractivity contribution >= 4 is 16.8 Å². The van der Waals surface area contributed by atoms with Gasteiger partial charge >= 0.3 is 0 Å². The Hall–Kier alpha value is -3.08. The van der Waals surface area contributed by atoms with E-state index in [2.05, 4.69) is 0 Å². The Morgan fingerprint density at radius 2 is 1.81 bits per heavy atom. The van der Waals surface area contributed by atoms with Gasteiger partial charge in [0.2, 0.25) is 5.43 Å². The number of para-hydroxylation sites is 1. The highest BCUT2D eigenvalue weighted by Crippen LogP contribution is 2.30. The standard InChI is InChI=1S/C26H28N2O3/c1-27-16-23(25(29)22-7-2-3-8-24(22)27)26(30)28(20-11-12-20)15-18-9-13-21(14-10-18)31-17-19-5-4-6-19/h2-3,7-10,13-14,16,19-20H,4-6,11-12,15,17H2,1H3. The Balaban J connectivity index is 1.35. The molecule has 5 nitrogen and oxygen atoms in total. The molecular weight excluding hydrogens is 388 g/mol. The average molecular weight is 417 g/mol. The van der Waals surface area contributed by atoms with Crippen molar-refractivity contribution in [1.29, 1.82) is 0 Å². The zero-order chi connectivity index (χ0) is 21.4. The van der Waals surface area contributed by atoms with Gasteiger partial charge in [-0.15, -0.1) is 0 Å². The molecule has 3 aromatic rings. The normalized spacial score (nSPS) is 16.2. The minimum atomic E-state index is -0.191. The van der Waals surface area contributed by atoms with Gasteiger partial charge < -0.3 is 14.2 Å². The molecule has 0 N–H and O–H groups in total. The van der Waals surface area contributed by atoms with Crippen LogP contribution in [0.25, 0.3) is 10.9 Å². The summed E-state index contributed by atoms with van der Waals surface area (Å²) in [7, 11) is 1.88. The summed E-state index contributed by atoms with van der Waals surface area (Å²) in [5.41, 5.74) is 1.94. The van der Waals surface area contributed by atoms with Crippen LogP contribution in [-0.4, -0.2) is 28.0 Å². The van der Waals surface area contributed by atoms with E-state index in [1.807, 2.05) is 59.0 Å². The monoisotopic (exact) mass is 416 g/mol. The molecule has 2 fully saturated rings. The summed E-state index contributed by atoms with van der Waals surface area (Å²) >= 11 is 0. The molecule has 0 atom stereocenters. The van der Waals surface area contributed by atoms with Crippen LogP contribution in [0.3, 0.4) is 0 Å². The lowest BCUT2D eigenvalue weighted by molar-refractivity contribution is 0.0728. The number of aryl methyl sites for hydroxylation is 1. The van der Waals surface area contributed by atoms with Gasteiger partial charge in [0.25, 0.3) is 5.91 Å². The van der Waals surface area contributed by atoms with E-state index in [9.17, 15) is 9.59 Å². The zero-order valence-electron chi connectivity index (χ0n) is 17.9. The van der Waals surface area contributed by atoms with Crippen molar-refractivity contribution in [1.82, 2.24) is 9.47 Å². The lowest BCUT2D eigenvalue weighted by Crippen LogP contribution is -2.36. The number of carbonyl (C=O) groups is 1. The molecule has 1 heterocycles. The number of hydrogen-bond acceptors (Lipinski definition) is 3. The molecule has 5 heteroatoms. The summed E-state index contributed by atoms with van der Waals surface area (Å²) in [6.07, 6.45) is 7.51. The molecule has 0 radical (unpaired) electrons. The van der Waals surface area contributed by atoms with Crippen molar-refractivity contribution in [3.05, 3.63) is 76.1 Å². The van der Waals surface area contributed by atoms with Gasteiger partial charge in [0.05, 0.1) is 12.1 Å². The molecule has 1 aromatic heterocycles. The smallest absolute Gasteiger partial charge is 0.259 e. The Morgan fingerprint density at radius 1 is 1.06 bits per heavy atom. The number of carbonyl (C=O) groups excluding carboxylic acids is 1. The quantitative estimate of drug-likeness (QED) is 0.569. The Bertz CT molecular complexity index is 1160. The fourth-order valence-corrected chi connectivity index (χ4v) is 4.26. The van der Waals surface area contributed by atoms with Crippen LogP contribution in [0.1, 0.15) is 48.0 Å². The topological polar surface area (TPSA) is 51.5 Å². The largest absolute Gasteiger partial charge is 0.493 e. The van der Waals surface area contributed by atoms with E-state index in [-0.39, 0.29) is 22.9 Å². The predicted octanol–water partition coefficient (Wildman–Crippen LogP) is 4.52. The van der Waals surface area contributed by atoms with Crippen LogP contribution >= 0.6 is 0 Å². The van der Waals surface area contributed by atoms with Crippen LogP contribution in [0.5, 0.6) is 5.75 Å². The van der Waals surface area contributed by atoms with E-state index < -0.39 is 0 Å². The lowest BCUT2D eigenvalue weighted by Gasteiger charge is -2.25. The van der Waals surface area contributed by atoms with Crippen molar-refractivity contribution in [2.75, 3.05) is 6.61 Å². The van der Waals surface area contributed by atoms with E-state index in [1.54, 1.807) is 12.3 Å². The third-order valence-corrected chi connectivity index (χ3v) is 6.56. The van der Waals surface area contributed by atoms with Gasteiger partial charge in [-0.3, -0.25) is 9.59 Å². The fraction of sp³-hybridized carbons (Fsp3) is 0.385. The van der Waals surface area contributed by atoms with Crippen LogP contribution < -0.4 is 10.2 Å². The lowest BCUT2D eigenvalue weighted by atomic mass is 9.86. The van der Waals surface area contributed by atoms with Crippen molar-refractivity contribution in [3.8, 4) is 5.75 Å². The van der Waals surface area contributed by atoms with Gasteiger partial charge in [0.15, 0.2) is 0 Å². The summed E-state index contributed by atoms with van der Waals surface area (Å²) in [6.45, 7) is 1.29. The molecule has 5 rings (SSSR count). The summed E-state index contributed by atoms with van der Waals surface area (Å²) < 4.78 is 7.76. The second-order valence-corrected chi connectivity index (χ2v) is 8.92. The highest BCUT2D eigenvalue weighted by Gasteiger charge is 2.34. The fourth-order valence-electron chi connectivity index (χ4n) is 4.26. The number of hydrogen-bond donors (Lipinski definition) is 0. The highest BCUT2D eigenvalue weighted by molar-refractivity contribution is 5.97. The number of ether oxygens (including phenoxy) is 1. The SMILES string of the molecule is Cn1cc(C(=O)N(Cc2ccc(OCC3CCC3)cc2)C2CC2)c(=O)c2ccccc21. The second kappa shape index (κ2) is 8.22. The van der Waals surface area contributed by atoms with E-state index in [0.29, 0.717) is 17.8 Å². The Labute approximate surface area is 182 Å². The number of nitrogens with zero attached hydrogens (tertiary/aromatic N) is 2. The molecule has 0 unspecified atom stereocenters. The first kappa shape index (κ1) is 19.9. The third kappa shape index (κ3) is 4.09. The first-order chi connectivity index (χ1) is 15.1. The minimum Gasteiger partial charge on any atom is -0.493 e. The van der Waals surface area contributed by atoms with Crippen molar-refractivity contribution in [2.24, 2.45) is 13.0 Å². The minimum absolute atomic E-state index is 0.181. The zero-order valence-corrected chi connectivity index (χ0v) is 17.9. The third-order valence-electron chi connectivity index (χ3n) is 6.56. The summed E-state index contributed by atoms with van der Waals surface area (Å²) in [5, 5.41) is 0.583. The number of pyridine rings is 1. The molecule has 0 aliphatic heterocycles. The molecule has 160 valence electrons. The molecule has 1 amide bonds. The van der Waals surface area contributed by atoms with Gasteiger partial charge in [0.1, 0.15) is 11.3 Å². The first-order valence-electron chi connectivity index (χ1n) is 11.2. The summed E-state index contributed by atoms with van der Waals surface area (Å²) in [4.78, 5) is 28.3. The van der Waals surface area contributed by atoms with Gasteiger partial charge in [-0.1, -0.05) is 30.7 Å². The molecule has 2 aliphatic rings. The molecule has 0 bridgehead atoms. The van der Waals surface area contributed by atoms with Gasteiger partial charge in [-0.25, -0.2) is 0 Å². The second-order valence-electron chi connectivity index (χ2n) is 8.92. The number of amides is 1. The molecule has 0 spiro atoms. The van der Waals surface area contributed by atoms with Crippen LogP contribution in [0.15, 0.2) is 59.5 Å². The number of fused-ring (bicyclic) bond motifs is 1. The molecule has 2 aromatic carbocycles. The molecular formula is C26H28N2O3. The molecule has 2 aliphatic carbocycles. The Kier molecular flexibility index (Phi) is 5.26. The van der Waals surface area contributed by atoms with Gasteiger partial charge in [-0.05, 0) is 61.4 Å². The molecule has 2 saturated carbocycles. The van der Waals surface area contributed by atoms with Crippen molar-refractivity contribution in [2.45, 2.75) is 44.7 Å². The van der Waals surface area contributed by atoms with Crippen LogP contribution in [-0.2, 0) is 13.6 Å². The maximum absolute atomic E-state index is 13.4. The van der Waals surface area contributed by atoms with E-state index >= 15 is 0 Å². The maximum atomic E-state index is 13.4. The van der Waals surface area contributed by atoms with Crippen molar-refractivity contribution in [3.63, 3.8) is 0 Å². The van der Waals surface area contributed by atoms with E-state index in [0.717, 1.165) is 36.3 Å². The van der Waals surface area contributed by atoms with Crippen LogP contribution in [0.2, 0.25) is 0 Å². The van der Waals surface area contributed by atoms with Crippen LogP contribution in [0, 0.1) is 5.92 Å². The number of benzene rings is 2. The van der Waals surface area contributed by atoms with Gasteiger partial charge in [0, 0.05) is 31.2 Å². The number of aromatic nitrogens is 1. The highest BCUT2D eigenvalue weighted by atomic mass is 16.5.